The predicted molar refractivity (Wildman–Crippen MR) is 68.8 cm³/mol. The molecule has 2 rings (SSSR count). The number of carbonyl (C=O) groups is 1. The third-order valence-electron chi connectivity index (χ3n) is 2.92. The molecule has 1 aliphatic rings. The van der Waals surface area contributed by atoms with Gasteiger partial charge in [0.1, 0.15) is 0 Å². The van der Waals surface area contributed by atoms with Crippen LogP contribution in [0.2, 0.25) is 5.02 Å². The van der Waals surface area contributed by atoms with Crippen LogP contribution < -0.4 is 0 Å². The molecule has 98 valence electrons. The van der Waals surface area contributed by atoms with Crippen molar-refractivity contribution < 1.29 is 14.6 Å². The van der Waals surface area contributed by atoms with Crippen LogP contribution in [0.3, 0.4) is 0 Å². The minimum absolute atomic E-state index is 0.0812. The molecule has 0 saturated carbocycles. The largest absolute Gasteiger partial charge is 0.394 e. The third-order valence-corrected chi connectivity index (χ3v) is 3.25. The summed E-state index contributed by atoms with van der Waals surface area (Å²) in [6, 6.07) is 6.98. The SMILES string of the molecule is CC1CN(C(=O)c2ccccc2Cl)CC(CO)O1. The number of nitrogens with zero attached hydrogens (tertiary/aromatic N) is 1. The van der Waals surface area contributed by atoms with E-state index in [1.165, 1.54) is 0 Å². The summed E-state index contributed by atoms with van der Waals surface area (Å²) in [5.74, 6) is -0.116. The predicted octanol–water partition coefficient (Wildman–Crippen LogP) is 1.56. The first-order valence-electron chi connectivity index (χ1n) is 5.92. The first kappa shape index (κ1) is 13.3. The van der Waals surface area contributed by atoms with Crippen molar-refractivity contribution in [1.29, 1.82) is 0 Å². The van der Waals surface area contributed by atoms with Crippen molar-refractivity contribution in [3.8, 4) is 0 Å². The van der Waals surface area contributed by atoms with Gasteiger partial charge < -0.3 is 14.7 Å². The number of benzene rings is 1. The summed E-state index contributed by atoms with van der Waals surface area (Å²) in [5, 5.41) is 9.59. The number of morpholine rings is 1. The molecule has 2 atom stereocenters. The van der Waals surface area contributed by atoms with Gasteiger partial charge >= 0.3 is 0 Å². The second-order valence-electron chi connectivity index (χ2n) is 4.44. The second kappa shape index (κ2) is 5.69. The normalized spacial score (nSPS) is 24.1. The van der Waals surface area contributed by atoms with Crippen molar-refractivity contribution in [1.82, 2.24) is 4.90 Å². The number of aliphatic hydroxyl groups excluding tert-OH is 1. The monoisotopic (exact) mass is 269 g/mol. The fourth-order valence-electron chi connectivity index (χ4n) is 2.12. The van der Waals surface area contributed by atoms with Gasteiger partial charge in [0.2, 0.25) is 0 Å². The molecule has 1 aromatic carbocycles. The zero-order valence-corrected chi connectivity index (χ0v) is 10.9. The van der Waals surface area contributed by atoms with Gasteiger partial charge in [-0.25, -0.2) is 0 Å². The van der Waals surface area contributed by atoms with E-state index < -0.39 is 0 Å². The van der Waals surface area contributed by atoms with E-state index in [1.54, 1.807) is 29.2 Å². The highest BCUT2D eigenvalue weighted by atomic mass is 35.5. The van der Waals surface area contributed by atoms with Crippen molar-refractivity contribution in [2.45, 2.75) is 19.1 Å². The summed E-state index contributed by atoms with van der Waals surface area (Å²) in [6.45, 7) is 2.71. The minimum atomic E-state index is -0.319. The number of ether oxygens (including phenoxy) is 1. The van der Waals surface area contributed by atoms with Gasteiger partial charge in [0.25, 0.3) is 5.91 Å². The molecule has 1 fully saturated rings. The van der Waals surface area contributed by atoms with Crippen molar-refractivity contribution >= 4 is 17.5 Å². The van der Waals surface area contributed by atoms with Crippen LogP contribution in [0.4, 0.5) is 0 Å². The summed E-state index contributed by atoms with van der Waals surface area (Å²) in [7, 11) is 0. The van der Waals surface area contributed by atoms with Crippen LogP contribution in [-0.4, -0.2) is 47.8 Å². The number of hydrogen-bond donors (Lipinski definition) is 1. The number of rotatable bonds is 2. The lowest BCUT2D eigenvalue weighted by molar-refractivity contribution is -0.0858. The zero-order valence-electron chi connectivity index (χ0n) is 10.2. The Morgan fingerprint density at radius 1 is 1.50 bits per heavy atom. The van der Waals surface area contributed by atoms with Crippen LogP contribution >= 0.6 is 11.6 Å². The van der Waals surface area contributed by atoms with Crippen molar-refractivity contribution in [2.24, 2.45) is 0 Å². The van der Waals surface area contributed by atoms with E-state index in [2.05, 4.69) is 0 Å². The van der Waals surface area contributed by atoms with Gasteiger partial charge in [0.05, 0.1) is 29.4 Å². The van der Waals surface area contributed by atoms with Crippen LogP contribution in [0, 0.1) is 0 Å². The minimum Gasteiger partial charge on any atom is -0.394 e. The second-order valence-corrected chi connectivity index (χ2v) is 4.85. The van der Waals surface area contributed by atoms with Crippen molar-refractivity contribution in [3.05, 3.63) is 34.9 Å². The molecule has 2 unspecified atom stereocenters. The van der Waals surface area contributed by atoms with Crippen molar-refractivity contribution in [3.63, 3.8) is 0 Å². The summed E-state index contributed by atoms with van der Waals surface area (Å²) in [5.41, 5.74) is 0.491. The Labute approximate surface area is 111 Å². The molecule has 18 heavy (non-hydrogen) atoms. The molecule has 1 N–H and O–H groups in total. The lowest BCUT2D eigenvalue weighted by Gasteiger charge is -2.36. The van der Waals surface area contributed by atoms with Gasteiger partial charge in [-0.3, -0.25) is 4.79 Å². The fraction of sp³-hybridized carbons (Fsp3) is 0.462. The van der Waals surface area contributed by atoms with E-state index in [0.29, 0.717) is 23.7 Å². The lowest BCUT2D eigenvalue weighted by atomic mass is 10.1. The number of aliphatic hydroxyl groups is 1. The Kier molecular flexibility index (Phi) is 4.22. The molecule has 0 bridgehead atoms. The fourth-order valence-corrected chi connectivity index (χ4v) is 2.33. The molecule has 0 aromatic heterocycles. The highest BCUT2D eigenvalue weighted by Gasteiger charge is 2.29. The Balaban J connectivity index is 2.16. The molecule has 1 heterocycles. The average molecular weight is 270 g/mol. The van der Waals surface area contributed by atoms with E-state index >= 15 is 0 Å². The topological polar surface area (TPSA) is 49.8 Å². The van der Waals surface area contributed by atoms with Gasteiger partial charge in [-0.1, -0.05) is 23.7 Å². The summed E-state index contributed by atoms with van der Waals surface area (Å²) < 4.78 is 5.51. The van der Waals surface area contributed by atoms with Crippen LogP contribution in [-0.2, 0) is 4.74 Å². The zero-order chi connectivity index (χ0) is 13.1. The van der Waals surface area contributed by atoms with Gasteiger partial charge in [-0.2, -0.15) is 0 Å². The molecule has 1 aliphatic heterocycles. The maximum Gasteiger partial charge on any atom is 0.255 e. The van der Waals surface area contributed by atoms with Gasteiger partial charge in [0.15, 0.2) is 0 Å². The summed E-state index contributed by atoms with van der Waals surface area (Å²) in [4.78, 5) is 14.0. The Bertz CT molecular complexity index is 438. The number of halogens is 1. The molecule has 1 aromatic rings. The molecule has 1 saturated heterocycles. The standard InChI is InChI=1S/C13H16ClNO3/c1-9-6-15(7-10(8-16)18-9)13(17)11-4-2-3-5-12(11)14/h2-5,9-10,16H,6-8H2,1H3. The Morgan fingerprint density at radius 3 is 2.89 bits per heavy atom. The third kappa shape index (κ3) is 2.83. The Hall–Kier alpha value is -1.10. The Morgan fingerprint density at radius 2 is 2.22 bits per heavy atom. The quantitative estimate of drug-likeness (QED) is 0.887. The highest BCUT2D eigenvalue weighted by molar-refractivity contribution is 6.33. The van der Waals surface area contributed by atoms with Gasteiger partial charge in [-0.05, 0) is 19.1 Å². The van der Waals surface area contributed by atoms with Crippen LogP contribution in [0.15, 0.2) is 24.3 Å². The van der Waals surface area contributed by atoms with Crippen LogP contribution in [0.25, 0.3) is 0 Å². The number of carbonyl (C=O) groups excluding carboxylic acids is 1. The first-order chi connectivity index (χ1) is 8.61. The van der Waals surface area contributed by atoms with Crippen LogP contribution in [0.5, 0.6) is 0 Å². The first-order valence-corrected chi connectivity index (χ1v) is 6.29. The summed E-state index contributed by atoms with van der Waals surface area (Å²) in [6.07, 6.45) is -0.400. The molecular weight excluding hydrogens is 254 g/mol. The maximum atomic E-state index is 12.3. The lowest BCUT2D eigenvalue weighted by Crippen LogP contribution is -2.50. The highest BCUT2D eigenvalue weighted by Crippen LogP contribution is 2.20. The van der Waals surface area contributed by atoms with Crippen LogP contribution in [0.1, 0.15) is 17.3 Å². The summed E-state index contributed by atoms with van der Waals surface area (Å²) >= 11 is 6.02. The van der Waals surface area contributed by atoms with Crippen molar-refractivity contribution in [2.75, 3.05) is 19.7 Å². The van der Waals surface area contributed by atoms with Gasteiger partial charge in [0, 0.05) is 13.1 Å². The van der Waals surface area contributed by atoms with E-state index in [1.807, 2.05) is 6.92 Å². The molecule has 5 heteroatoms. The smallest absolute Gasteiger partial charge is 0.255 e. The number of amides is 1. The van der Waals surface area contributed by atoms with E-state index in [9.17, 15) is 4.79 Å². The molecular formula is C13H16ClNO3. The maximum absolute atomic E-state index is 12.3. The molecule has 4 nitrogen and oxygen atoms in total. The van der Waals surface area contributed by atoms with E-state index in [0.717, 1.165) is 0 Å². The average Bonchev–Trinajstić information content (AvgIpc) is 2.37. The van der Waals surface area contributed by atoms with Gasteiger partial charge in [-0.15, -0.1) is 0 Å². The van der Waals surface area contributed by atoms with E-state index in [-0.39, 0.29) is 24.7 Å². The number of hydrogen-bond acceptors (Lipinski definition) is 3. The molecule has 0 spiro atoms. The molecule has 0 aliphatic carbocycles. The molecule has 0 radical (unpaired) electrons. The molecule has 1 amide bonds. The van der Waals surface area contributed by atoms with E-state index in [4.69, 9.17) is 21.4 Å².